The van der Waals surface area contributed by atoms with Crippen LogP contribution in [0.4, 0.5) is 5.69 Å². The van der Waals surface area contributed by atoms with Crippen LogP contribution in [0.5, 0.6) is 0 Å². The molecule has 1 aliphatic heterocycles. The van der Waals surface area contributed by atoms with E-state index in [2.05, 4.69) is 39.7 Å². The Morgan fingerprint density at radius 1 is 1.14 bits per heavy atom. The fourth-order valence-corrected chi connectivity index (χ4v) is 4.18. The van der Waals surface area contributed by atoms with E-state index < -0.39 is 0 Å². The molecule has 2 N–H and O–H groups in total. The number of benzene rings is 1. The van der Waals surface area contributed by atoms with Crippen molar-refractivity contribution >= 4 is 41.5 Å². The highest BCUT2D eigenvalue weighted by Crippen LogP contribution is 2.22. The smallest absolute Gasteiger partial charge is 0.227 e. The van der Waals surface area contributed by atoms with E-state index in [0.717, 1.165) is 43.7 Å². The Morgan fingerprint density at radius 3 is 2.48 bits per heavy atom. The van der Waals surface area contributed by atoms with Crippen molar-refractivity contribution in [2.45, 2.75) is 57.5 Å². The number of halogens is 1. The maximum absolute atomic E-state index is 11.8. The van der Waals surface area contributed by atoms with Crippen molar-refractivity contribution < 1.29 is 4.79 Å². The van der Waals surface area contributed by atoms with Crippen LogP contribution in [-0.2, 0) is 11.3 Å². The zero-order chi connectivity index (χ0) is 19.8. The third kappa shape index (κ3) is 7.13. The average Bonchev–Trinajstić information content (AvgIpc) is 3.17. The van der Waals surface area contributed by atoms with Gasteiger partial charge in [0.15, 0.2) is 5.96 Å². The number of carbonyl (C=O) groups excluding carboxylic acids is 1. The molecule has 1 aromatic carbocycles. The summed E-state index contributed by atoms with van der Waals surface area (Å²) < 4.78 is 0. The van der Waals surface area contributed by atoms with Crippen LogP contribution in [0.1, 0.15) is 50.5 Å². The molecule has 0 spiro atoms. The second-order valence-electron chi connectivity index (χ2n) is 7.94. The van der Waals surface area contributed by atoms with E-state index in [1.165, 1.54) is 37.7 Å². The lowest BCUT2D eigenvalue weighted by atomic mass is 9.94. The summed E-state index contributed by atoms with van der Waals surface area (Å²) in [4.78, 5) is 20.5. The largest absolute Gasteiger partial charge is 0.355 e. The number of aliphatic imine (C=N–C) groups is 1. The van der Waals surface area contributed by atoms with Crippen molar-refractivity contribution in [2.24, 2.45) is 4.99 Å². The molecule has 2 fully saturated rings. The van der Waals surface area contributed by atoms with Crippen molar-refractivity contribution in [3.8, 4) is 0 Å². The van der Waals surface area contributed by atoms with E-state index in [-0.39, 0.29) is 29.9 Å². The number of likely N-dealkylation sites (N-methyl/N-ethyl adjacent to an activating group) is 1. The molecule has 7 heteroatoms. The number of hydrogen-bond acceptors (Lipinski definition) is 3. The fourth-order valence-electron chi connectivity index (χ4n) is 4.18. The fraction of sp³-hybridized carbons (Fsp3) is 0.636. The minimum absolute atomic E-state index is 0. The van der Waals surface area contributed by atoms with Crippen LogP contribution in [0.3, 0.4) is 0 Å². The standard InChI is InChI=1S/C22H35N5O.HI/c1-23-22(24-14-16-26(2)19-7-4-3-5-8-19)25-17-18-10-12-20(13-11-18)27-15-6-9-21(27)28;/h10-13,19H,3-9,14-17H2,1-2H3,(H2,23,24,25);1H. The third-order valence-corrected chi connectivity index (χ3v) is 5.96. The number of nitrogens with zero attached hydrogens (tertiary/aromatic N) is 3. The van der Waals surface area contributed by atoms with E-state index >= 15 is 0 Å². The molecule has 1 aromatic rings. The zero-order valence-electron chi connectivity index (χ0n) is 17.8. The first kappa shape index (κ1) is 23.9. The minimum Gasteiger partial charge on any atom is -0.355 e. The summed E-state index contributed by atoms with van der Waals surface area (Å²) in [5.41, 5.74) is 2.18. The van der Waals surface area contributed by atoms with Gasteiger partial charge in [-0.25, -0.2) is 0 Å². The lowest BCUT2D eigenvalue weighted by Crippen LogP contribution is -2.43. The van der Waals surface area contributed by atoms with Gasteiger partial charge in [-0.1, -0.05) is 31.4 Å². The molecular weight excluding hydrogens is 477 g/mol. The molecule has 1 saturated heterocycles. The summed E-state index contributed by atoms with van der Waals surface area (Å²) in [5, 5.41) is 6.79. The Kier molecular flexibility index (Phi) is 10.2. The summed E-state index contributed by atoms with van der Waals surface area (Å²) >= 11 is 0. The summed E-state index contributed by atoms with van der Waals surface area (Å²) in [6.07, 6.45) is 8.44. The molecule has 1 saturated carbocycles. The molecule has 1 heterocycles. The average molecular weight is 513 g/mol. The molecular formula is C22H36IN5O. The van der Waals surface area contributed by atoms with Crippen LogP contribution in [0.25, 0.3) is 0 Å². The quantitative estimate of drug-likeness (QED) is 0.334. The Balaban J connectivity index is 0.00000300. The van der Waals surface area contributed by atoms with E-state index in [1.807, 2.05) is 24.1 Å². The molecule has 3 rings (SSSR count). The number of rotatable bonds is 7. The molecule has 0 atom stereocenters. The van der Waals surface area contributed by atoms with Crippen LogP contribution < -0.4 is 15.5 Å². The van der Waals surface area contributed by atoms with E-state index in [1.54, 1.807) is 0 Å². The van der Waals surface area contributed by atoms with Crippen molar-refractivity contribution in [1.29, 1.82) is 0 Å². The van der Waals surface area contributed by atoms with Gasteiger partial charge in [0.2, 0.25) is 5.91 Å². The topological polar surface area (TPSA) is 60.0 Å². The number of carbonyl (C=O) groups is 1. The molecule has 162 valence electrons. The van der Waals surface area contributed by atoms with Gasteiger partial charge in [-0.15, -0.1) is 24.0 Å². The van der Waals surface area contributed by atoms with Crippen LogP contribution >= 0.6 is 24.0 Å². The van der Waals surface area contributed by atoms with Gasteiger partial charge in [0.05, 0.1) is 0 Å². The third-order valence-electron chi connectivity index (χ3n) is 5.96. The SMILES string of the molecule is CN=C(NCCN(C)C1CCCCC1)NCc1ccc(N2CCCC2=O)cc1.I. The molecule has 29 heavy (non-hydrogen) atoms. The lowest BCUT2D eigenvalue weighted by Gasteiger charge is -2.31. The van der Waals surface area contributed by atoms with Crippen LogP contribution in [0, 0.1) is 0 Å². The second kappa shape index (κ2) is 12.4. The van der Waals surface area contributed by atoms with E-state index in [4.69, 9.17) is 0 Å². The number of amides is 1. The van der Waals surface area contributed by atoms with Crippen molar-refractivity contribution in [2.75, 3.05) is 38.6 Å². The van der Waals surface area contributed by atoms with Gasteiger partial charge in [-0.2, -0.15) is 0 Å². The highest BCUT2D eigenvalue weighted by atomic mass is 127. The maximum Gasteiger partial charge on any atom is 0.227 e. The van der Waals surface area contributed by atoms with Crippen LogP contribution in [-0.4, -0.2) is 56.5 Å². The van der Waals surface area contributed by atoms with Gasteiger partial charge in [0.1, 0.15) is 0 Å². The summed E-state index contributed by atoms with van der Waals surface area (Å²) in [6, 6.07) is 8.98. The zero-order valence-corrected chi connectivity index (χ0v) is 20.2. The summed E-state index contributed by atoms with van der Waals surface area (Å²) in [5.74, 6) is 1.06. The van der Waals surface area contributed by atoms with Crippen molar-refractivity contribution in [3.63, 3.8) is 0 Å². The molecule has 2 aliphatic rings. The first-order valence-electron chi connectivity index (χ1n) is 10.7. The monoisotopic (exact) mass is 513 g/mol. The second-order valence-corrected chi connectivity index (χ2v) is 7.94. The van der Waals surface area contributed by atoms with Crippen molar-refractivity contribution in [1.82, 2.24) is 15.5 Å². The maximum atomic E-state index is 11.8. The molecule has 1 aliphatic carbocycles. The van der Waals surface area contributed by atoms with Gasteiger partial charge in [-0.3, -0.25) is 9.79 Å². The Bertz CT molecular complexity index is 658. The highest BCUT2D eigenvalue weighted by molar-refractivity contribution is 14.0. The summed E-state index contributed by atoms with van der Waals surface area (Å²) in [7, 11) is 4.04. The number of guanidine groups is 1. The Labute approximate surface area is 192 Å². The molecule has 0 aromatic heterocycles. The Hall–Kier alpha value is -1.35. The van der Waals surface area contributed by atoms with Crippen LogP contribution in [0.2, 0.25) is 0 Å². The summed E-state index contributed by atoms with van der Waals surface area (Å²) in [6.45, 7) is 3.47. The number of anilines is 1. The lowest BCUT2D eigenvalue weighted by molar-refractivity contribution is -0.117. The highest BCUT2D eigenvalue weighted by Gasteiger charge is 2.21. The normalized spacial score (nSPS) is 18.1. The van der Waals surface area contributed by atoms with E-state index in [9.17, 15) is 4.79 Å². The number of hydrogen-bond donors (Lipinski definition) is 2. The molecule has 6 nitrogen and oxygen atoms in total. The number of nitrogens with one attached hydrogen (secondary N) is 2. The molecule has 0 unspecified atom stereocenters. The van der Waals surface area contributed by atoms with Gasteiger partial charge in [0.25, 0.3) is 0 Å². The van der Waals surface area contributed by atoms with Gasteiger partial charge in [0, 0.05) is 51.4 Å². The Morgan fingerprint density at radius 2 is 1.86 bits per heavy atom. The predicted molar refractivity (Wildman–Crippen MR) is 131 cm³/mol. The molecule has 0 radical (unpaired) electrons. The minimum atomic E-state index is 0. The van der Waals surface area contributed by atoms with E-state index in [0.29, 0.717) is 13.0 Å². The molecule has 1 amide bonds. The van der Waals surface area contributed by atoms with Gasteiger partial charge >= 0.3 is 0 Å². The first-order valence-corrected chi connectivity index (χ1v) is 10.7. The van der Waals surface area contributed by atoms with Gasteiger partial charge in [-0.05, 0) is 44.0 Å². The predicted octanol–water partition coefficient (Wildman–Crippen LogP) is 3.36. The molecule has 0 bridgehead atoms. The first-order chi connectivity index (χ1) is 13.7. The van der Waals surface area contributed by atoms with Crippen molar-refractivity contribution in [3.05, 3.63) is 29.8 Å². The van der Waals surface area contributed by atoms with Gasteiger partial charge < -0.3 is 20.4 Å². The van der Waals surface area contributed by atoms with Crippen LogP contribution in [0.15, 0.2) is 29.3 Å².